The van der Waals surface area contributed by atoms with E-state index in [4.69, 9.17) is 16.4 Å². The normalized spacial score (nSPS) is 16.0. The second-order valence-corrected chi connectivity index (χ2v) is 7.81. The number of anilines is 3. The molecule has 3 aromatic heterocycles. The molecule has 5 rings (SSSR count). The highest BCUT2D eigenvalue weighted by Crippen LogP contribution is 2.33. The molecule has 0 radical (unpaired) electrons. The third-order valence-electron chi connectivity index (χ3n) is 5.09. The number of carbonyl (C=O) groups excluding carboxylic acids is 1. The summed E-state index contributed by atoms with van der Waals surface area (Å²) in [6.07, 6.45) is -7.31. The Kier molecular flexibility index (Phi) is 3.92. The Morgan fingerprint density at radius 3 is 2.82 bits per heavy atom. The molecule has 0 spiro atoms. The highest BCUT2D eigenvalue weighted by Gasteiger charge is 2.31. The molecule has 8 nitrogen and oxygen atoms in total. The van der Waals surface area contributed by atoms with Gasteiger partial charge in [-0.3, -0.25) is 9.78 Å². The Morgan fingerprint density at radius 1 is 1.15 bits per heavy atom. The van der Waals surface area contributed by atoms with Gasteiger partial charge in [-0.2, -0.15) is 13.2 Å². The number of halogens is 3. The van der Waals surface area contributed by atoms with E-state index in [2.05, 4.69) is 30.6 Å². The average molecular weight is 542 g/mol. The van der Waals surface area contributed by atoms with Crippen molar-refractivity contribution in [3.05, 3.63) is 108 Å². The van der Waals surface area contributed by atoms with E-state index in [1.165, 1.54) is 30.5 Å². The molecular weight excluding hydrogens is 507 g/mol. The molecule has 0 aliphatic rings. The van der Waals surface area contributed by atoms with Gasteiger partial charge in [0, 0.05) is 57.0 Å². The summed E-state index contributed by atoms with van der Waals surface area (Å²) in [4.78, 5) is 28.9. The first-order valence-corrected chi connectivity index (χ1v) is 10.9. The number of nitrogens with zero attached hydrogens (tertiary/aromatic N) is 5. The number of pyridine rings is 1. The van der Waals surface area contributed by atoms with Crippen LogP contribution >= 0.6 is 0 Å². The lowest BCUT2D eigenvalue weighted by molar-refractivity contribution is -0.137. The first-order chi connectivity index (χ1) is 23.6. The minimum Gasteiger partial charge on any atom is -0.324 e. The molecule has 0 aliphatic carbocycles. The van der Waals surface area contributed by atoms with Gasteiger partial charge in [0.25, 0.3) is 5.91 Å². The molecule has 5 aromatic rings. The number of benzene rings is 2. The van der Waals surface area contributed by atoms with Crippen molar-refractivity contribution in [3.63, 3.8) is 0 Å². The average Bonchev–Trinajstić information content (AvgIpc) is 3.32. The number of aryl methyl sites for hydroxylation is 2. The zero-order valence-electron chi connectivity index (χ0n) is 31.7. The molecule has 2 aromatic carbocycles. The van der Waals surface area contributed by atoms with E-state index in [0.29, 0.717) is 5.56 Å². The van der Waals surface area contributed by atoms with Gasteiger partial charge in [-0.1, -0.05) is 6.07 Å². The lowest BCUT2D eigenvalue weighted by Crippen LogP contribution is -2.14. The smallest absolute Gasteiger partial charge is 0.324 e. The number of nitrogens with one attached hydrogen (secondary N) is 2. The van der Waals surface area contributed by atoms with Crippen molar-refractivity contribution in [1.29, 1.82) is 0 Å². The van der Waals surface area contributed by atoms with E-state index in [1.54, 1.807) is 6.92 Å². The van der Waals surface area contributed by atoms with Crippen LogP contribution < -0.4 is 10.6 Å². The van der Waals surface area contributed by atoms with Gasteiger partial charge in [0.1, 0.15) is 1.37 Å². The largest absolute Gasteiger partial charge is 0.416 e. The summed E-state index contributed by atoms with van der Waals surface area (Å²) in [6, 6.07) is 0.250. The van der Waals surface area contributed by atoms with Gasteiger partial charge < -0.3 is 15.2 Å². The monoisotopic (exact) mass is 541 g/mol. The topological polar surface area (TPSA) is 97.6 Å². The third kappa shape index (κ3) is 5.93. The fourth-order valence-corrected chi connectivity index (χ4v) is 3.25. The summed E-state index contributed by atoms with van der Waals surface area (Å²) in [5.74, 6) is -1.23. The van der Waals surface area contributed by atoms with Crippen LogP contribution in [-0.4, -0.2) is 30.4 Å². The van der Waals surface area contributed by atoms with E-state index >= 15 is 0 Å². The van der Waals surface area contributed by atoms with Crippen LogP contribution in [0.15, 0.2) is 85.5 Å². The predicted molar refractivity (Wildman–Crippen MR) is 141 cm³/mol. The summed E-state index contributed by atoms with van der Waals surface area (Å²) >= 11 is 0. The van der Waals surface area contributed by atoms with Gasteiger partial charge in [0.15, 0.2) is 0 Å². The van der Waals surface area contributed by atoms with E-state index in [0.717, 1.165) is 0 Å². The standard InChI is InChI=1S/C28H22F3N7O/c1-17-5-6-19(10-25(17)37-27-33-9-7-24(36-27)20-4-3-8-32-14-20)26(39)35-22-11-21(28(29,30)31)12-23(13-22)38-15-18(2)34-16-38/h3-16H,1-2H3,(H,35,39)(H,33,36,37)/i2D3,3D,4D,8D,11D,12D,13D,14D,15D,16D. The Morgan fingerprint density at radius 2 is 2.03 bits per heavy atom. The Balaban J connectivity index is 1.55. The van der Waals surface area contributed by atoms with Crippen molar-refractivity contribution >= 4 is 23.2 Å². The van der Waals surface area contributed by atoms with Crippen molar-refractivity contribution in [2.45, 2.75) is 20.0 Å². The third-order valence-corrected chi connectivity index (χ3v) is 5.09. The second kappa shape index (κ2) is 10.4. The fourth-order valence-electron chi connectivity index (χ4n) is 3.25. The highest BCUT2D eigenvalue weighted by atomic mass is 19.4. The summed E-state index contributed by atoms with van der Waals surface area (Å²) in [5.41, 5.74) is -4.68. The Bertz CT molecular complexity index is 2240. The summed E-state index contributed by atoms with van der Waals surface area (Å²) < 4.78 is 138. The number of carbonyl (C=O) groups is 1. The van der Waals surface area contributed by atoms with Crippen LogP contribution in [0.5, 0.6) is 0 Å². The number of imidazole rings is 1. The first kappa shape index (κ1) is 14.8. The van der Waals surface area contributed by atoms with Crippen molar-refractivity contribution in [1.82, 2.24) is 24.5 Å². The highest BCUT2D eigenvalue weighted by molar-refractivity contribution is 6.05. The van der Waals surface area contributed by atoms with Crippen LogP contribution in [-0.2, 0) is 6.18 Å². The lowest BCUT2D eigenvalue weighted by atomic mass is 10.1. The number of hydrogen-bond donors (Lipinski definition) is 2. The van der Waals surface area contributed by atoms with Crippen molar-refractivity contribution in [2.75, 3.05) is 10.6 Å². The molecule has 0 bridgehead atoms. The maximum absolute atomic E-state index is 14.2. The quantitative estimate of drug-likeness (QED) is 0.260. The summed E-state index contributed by atoms with van der Waals surface area (Å²) in [6.45, 7) is -1.45. The zero-order chi connectivity index (χ0) is 37.9. The van der Waals surface area contributed by atoms with Crippen molar-refractivity contribution in [3.8, 4) is 16.9 Å². The van der Waals surface area contributed by atoms with Gasteiger partial charge in [0.05, 0.1) is 34.2 Å². The van der Waals surface area contributed by atoms with E-state index < -0.39 is 96.6 Å². The van der Waals surface area contributed by atoms with E-state index in [-0.39, 0.29) is 33.0 Å². The minimum absolute atomic E-state index is 0.0191. The molecule has 3 heterocycles. The van der Waals surface area contributed by atoms with Crippen LogP contribution in [0, 0.1) is 13.8 Å². The maximum Gasteiger partial charge on any atom is 0.416 e. The molecule has 196 valence electrons. The van der Waals surface area contributed by atoms with Gasteiger partial charge in [-0.25, -0.2) is 15.0 Å². The van der Waals surface area contributed by atoms with E-state index in [9.17, 15) is 18.0 Å². The fraction of sp³-hybridized carbons (Fsp3) is 0.107. The maximum atomic E-state index is 14.2. The number of amides is 1. The molecule has 1 amide bonds. The molecule has 0 aliphatic heterocycles. The van der Waals surface area contributed by atoms with Crippen LogP contribution in [0.25, 0.3) is 16.9 Å². The molecule has 39 heavy (non-hydrogen) atoms. The van der Waals surface area contributed by atoms with Crippen molar-refractivity contribution in [2.24, 2.45) is 0 Å². The number of rotatable bonds is 6. The van der Waals surface area contributed by atoms with Gasteiger partial charge >= 0.3 is 6.18 Å². The molecular formula is C28H22F3N7O. The van der Waals surface area contributed by atoms with Crippen LogP contribution in [0.1, 0.15) is 43.6 Å². The zero-order valence-corrected chi connectivity index (χ0v) is 19.7. The summed E-state index contributed by atoms with van der Waals surface area (Å²) in [5, 5.41) is 4.93. The SMILES string of the molecule is [2H]c1nc([2H])c(-c2ccnc(Nc3cc(C(=O)Nc4c([2H])c(-n5c([2H])nc(C([2H])([2H])[2H])c5[2H])c([2H])c(C(F)(F)F)c4[2H])ccc3C)n2)c([2H])c1[2H]. The number of hydrogen-bond acceptors (Lipinski definition) is 6. The van der Waals surface area contributed by atoms with E-state index in [1.807, 2.05) is 0 Å². The van der Waals surface area contributed by atoms with Crippen LogP contribution in [0.2, 0.25) is 0 Å². The summed E-state index contributed by atoms with van der Waals surface area (Å²) in [7, 11) is 0. The molecule has 0 atom stereocenters. The molecule has 2 N–H and O–H groups in total. The van der Waals surface area contributed by atoms with Gasteiger partial charge in [0.2, 0.25) is 5.95 Å². The first-order valence-electron chi connectivity index (χ1n) is 16.9. The molecule has 0 fully saturated rings. The lowest BCUT2D eigenvalue weighted by Gasteiger charge is -2.14. The minimum atomic E-state index is -5.40. The molecule has 0 saturated carbocycles. The second-order valence-electron chi connectivity index (χ2n) is 7.81. The van der Waals surface area contributed by atoms with Crippen LogP contribution in [0.4, 0.5) is 30.5 Å². The van der Waals surface area contributed by atoms with Crippen molar-refractivity contribution < 1.29 is 34.4 Å². The Hall–Kier alpha value is -5.06. The molecule has 0 saturated heterocycles. The van der Waals surface area contributed by atoms with Gasteiger partial charge in [-0.15, -0.1) is 0 Å². The molecule has 0 unspecified atom stereocenters. The Labute approximate surface area is 238 Å². The number of alkyl halides is 3. The number of aromatic nitrogens is 5. The van der Waals surface area contributed by atoms with Crippen LogP contribution in [0.3, 0.4) is 0 Å². The van der Waals surface area contributed by atoms with Gasteiger partial charge in [-0.05, 0) is 67.8 Å². The molecule has 11 heteroatoms. The predicted octanol–water partition coefficient (Wildman–Crippen LogP) is 6.36.